The van der Waals surface area contributed by atoms with Gasteiger partial charge in [0.1, 0.15) is 0 Å². The van der Waals surface area contributed by atoms with E-state index in [9.17, 15) is 9.59 Å². The van der Waals surface area contributed by atoms with Crippen LogP contribution >= 0.6 is 0 Å². The monoisotopic (exact) mass is 373 g/mol. The molecule has 0 spiro atoms. The lowest BCUT2D eigenvalue weighted by molar-refractivity contribution is -0.132. The molecule has 5 heteroatoms. The maximum atomic E-state index is 12.3. The highest BCUT2D eigenvalue weighted by atomic mass is 16.2. The van der Waals surface area contributed by atoms with Gasteiger partial charge in [0.15, 0.2) is 0 Å². The Kier molecular flexibility index (Phi) is 7.84. The van der Waals surface area contributed by atoms with Crippen molar-refractivity contribution in [2.24, 2.45) is 0 Å². The van der Waals surface area contributed by atoms with Crippen LogP contribution < -0.4 is 5.32 Å². The summed E-state index contributed by atoms with van der Waals surface area (Å²) in [5, 5.41) is 2.91. The Bertz CT molecular complexity index is 617. The van der Waals surface area contributed by atoms with Gasteiger partial charge < -0.3 is 15.1 Å². The number of hydrogen-bond acceptors (Lipinski definition) is 3. The van der Waals surface area contributed by atoms with Crippen LogP contribution in [0.2, 0.25) is 0 Å². The SMILES string of the molecule is CCN1CCN(C(=O)CCNC(=O)CCC(C)(C)c2ccc(C)cc2)CC1. The Morgan fingerprint density at radius 3 is 2.26 bits per heavy atom. The number of aryl methyl sites for hydroxylation is 1. The van der Waals surface area contributed by atoms with Crippen LogP contribution in [0.15, 0.2) is 24.3 Å². The zero-order chi connectivity index (χ0) is 19.9. The normalized spacial score (nSPS) is 15.6. The van der Waals surface area contributed by atoms with E-state index in [2.05, 4.69) is 62.2 Å². The number of hydrogen-bond donors (Lipinski definition) is 1. The molecule has 1 saturated heterocycles. The summed E-state index contributed by atoms with van der Waals surface area (Å²) in [6.07, 6.45) is 1.65. The number of nitrogens with zero attached hydrogens (tertiary/aromatic N) is 2. The molecule has 5 nitrogen and oxygen atoms in total. The molecule has 1 fully saturated rings. The molecule has 0 saturated carbocycles. The highest BCUT2D eigenvalue weighted by Gasteiger charge is 2.22. The van der Waals surface area contributed by atoms with Crippen molar-refractivity contribution in [3.63, 3.8) is 0 Å². The first-order chi connectivity index (χ1) is 12.8. The summed E-state index contributed by atoms with van der Waals surface area (Å²) in [4.78, 5) is 28.7. The Balaban J connectivity index is 1.67. The molecule has 1 N–H and O–H groups in total. The summed E-state index contributed by atoms with van der Waals surface area (Å²) < 4.78 is 0. The summed E-state index contributed by atoms with van der Waals surface area (Å²) >= 11 is 0. The van der Waals surface area contributed by atoms with Gasteiger partial charge >= 0.3 is 0 Å². The lowest BCUT2D eigenvalue weighted by Crippen LogP contribution is -2.49. The molecule has 1 aromatic rings. The Morgan fingerprint density at radius 1 is 1.04 bits per heavy atom. The maximum Gasteiger partial charge on any atom is 0.224 e. The number of nitrogens with one attached hydrogen (secondary N) is 1. The van der Waals surface area contributed by atoms with Crippen molar-refractivity contribution >= 4 is 11.8 Å². The molecule has 1 aliphatic heterocycles. The number of likely N-dealkylation sites (N-methyl/N-ethyl adjacent to an activating group) is 1. The number of rotatable bonds is 8. The van der Waals surface area contributed by atoms with E-state index in [0.717, 1.165) is 39.1 Å². The van der Waals surface area contributed by atoms with E-state index < -0.39 is 0 Å². The van der Waals surface area contributed by atoms with Crippen LogP contribution in [0.3, 0.4) is 0 Å². The van der Waals surface area contributed by atoms with E-state index in [1.807, 2.05) is 4.90 Å². The number of carbonyl (C=O) groups is 2. The molecule has 0 unspecified atom stereocenters. The summed E-state index contributed by atoms with van der Waals surface area (Å²) in [7, 11) is 0. The summed E-state index contributed by atoms with van der Waals surface area (Å²) in [6, 6.07) is 8.51. The second-order valence-corrected chi connectivity index (χ2v) is 8.16. The Hall–Kier alpha value is -1.88. The largest absolute Gasteiger partial charge is 0.356 e. The minimum absolute atomic E-state index is 0.0267. The summed E-state index contributed by atoms with van der Waals surface area (Å²) in [6.45, 7) is 13.5. The van der Waals surface area contributed by atoms with Crippen molar-refractivity contribution < 1.29 is 9.59 Å². The van der Waals surface area contributed by atoms with E-state index in [1.54, 1.807) is 0 Å². The first-order valence-corrected chi connectivity index (χ1v) is 10.2. The second kappa shape index (κ2) is 9.88. The van der Waals surface area contributed by atoms with Crippen LogP contribution in [-0.4, -0.2) is 60.9 Å². The summed E-state index contributed by atoms with van der Waals surface area (Å²) in [5.41, 5.74) is 2.45. The first kappa shape index (κ1) is 21.4. The molecule has 2 rings (SSSR count). The van der Waals surface area contributed by atoms with Gasteiger partial charge in [-0.3, -0.25) is 9.59 Å². The van der Waals surface area contributed by atoms with E-state index >= 15 is 0 Å². The topological polar surface area (TPSA) is 52.6 Å². The van der Waals surface area contributed by atoms with Gasteiger partial charge in [0, 0.05) is 45.6 Å². The molecular weight excluding hydrogens is 338 g/mol. The van der Waals surface area contributed by atoms with Gasteiger partial charge in [-0.05, 0) is 30.9 Å². The van der Waals surface area contributed by atoms with Crippen LogP contribution in [0.1, 0.15) is 51.2 Å². The third kappa shape index (κ3) is 6.65. The summed E-state index contributed by atoms with van der Waals surface area (Å²) in [5.74, 6) is 0.171. The highest BCUT2D eigenvalue weighted by molar-refractivity contribution is 5.79. The third-order valence-corrected chi connectivity index (χ3v) is 5.64. The van der Waals surface area contributed by atoms with E-state index in [1.165, 1.54) is 11.1 Å². The van der Waals surface area contributed by atoms with Gasteiger partial charge in [-0.15, -0.1) is 0 Å². The Morgan fingerprint density at radius 2 is 1.67 bits per heavy atom. The fourth-order valence-corrected chi connectivity index (χ4v) is 3.44. The van der Waals surface area contributed by atoms with E-state index in [-0.39, 0.29) is 17.2 Å². The predicted octanol–water partition coefficient (Wildman–Crippen LogP) is 2.72. The van der Waals surface area contributed by atoms with Gasteiger partial charge in [0.25, 0.3) is 0 Å². The lowest BCUT2D eigenvalue weighted by atomic mass is 9.80. The second-order valence-electron chi connectivity index (χ2n) is 8.16. The molecule has 0 atom stereocenters. The number of amides is 2. The first-order valence-electron chi connectivity index (χ1n) is 10.2. The zero-order valence-electron chi connectivity index (χ0n) is 17.4. The van der Waals surface area contributed by atoms with Crippen LogP contribution in [-0.2, 0) is 15.0 Å². The smallest absolute Gasteiger partial charge is 0.224 e. The predicted molar refractivity (Wildman–Crippen MR) is 110 cm³/mol. The molecule has 0 aliphatic carbocycles. The molecular formula is C22H35N3O2. The molecule has 2 amide bonds. The number of benzene rings is 1. The quantitative estimate of drug-likeness (QED) is 0.762. The maximum absolute atomic E-state index is 12.3. The molecule has 1 aromatic carbocycles. The van der Waals surface area contributed by atoms with Crippen LogP contribution in [0, 0.1) is 6.92 Å². The van der Waals surface area contributed by atoms with Crippen LogP contribution in [0.4, 0.5) is 0 Å². The van der Waals surface area contributed by atoms with E-state index in [0.29, 0.717) is 19.4 Å². The zero-order valence-corrected chi connectivity index (χ0v) is 17.4. The molecule has 0 aromatic heterocycles. The molecule has 0 radical (unpaired) electrons. The van der Waals surface area contributed by atoms with Crippen molar-refractivity contribution in [1.29, 1.82) is 0 Å². The van der Waals surface area contributed by atoms with Gasteiger partial charge in [-0.2, -0.15) is 0 Å². The average molecular weight is 374 g/mol. The standard InChI is InChI=1S/C22H35N3O2/c1-5-24-14-16-25(17-15-24)21(27)11-13-23-20(26)10-12-22(3,4)19-8-6-18(2)7-9-19/h6-9H,5,10-17H2,1-4H3,(H,23,26). The minimum Gasteiger partial charge on any atom is -0.356 e. The highest BCUT2D eigenvalue weighted by Crippen LogP contribution is 2.28. The van der Waals surface area contributed by atoms with Crippen LogP contribution in [0.5, 0.6) is 0 Å². The van der Waals surface area contributed by atoms with Gasteiger partial charge in [-0.25, -0.2) is 0 Å². The van der Waals surface area contributed by atoms with Crippen LogP contribution in [0.25, 0.3) is 0 Å². The Labute approximate surface area is 164 Å². The molecule has 1 aliphatic rings. The molecule has 1 heterocycles. The number of carbonyl (C=O) groups excluding carboxylic acids is 2. The van der Waals surface area contributed by atoms with E-state index in [4.69, 9.17) is 0 Å². The van der Waals surface area contributed by atoms with Crippen molar-refractivity contribution in [2.45, 2.75) is 52.4 Å². The number of piperazine rings is 1. The average Bonchev–Trinajstić information content (AvgIpc) is 2.67. The van der Waals surface area contributed by atoms with Gasteiger partial charge in [0.05, 0.1) is 0 Å². The van der Waals surface area contributed by atoms with Crippen molar-refractivity contribution in [3.05, 3.63) is 35.4 Å². The molecule has 0 bridgehead atoms. The van der Waals surface area contributed by atoms with Gasteiger partial charge in [-0.1, -0.05) is 50.6 Å². The fraction of sp³-hybridized carbons (Fsp3) is 0.636. The van der Waals surface area contributed by atoms with Crippen molar-refractivity contribution in [1.82, 2.24) is 15.1 Å². The third-order valence-electron chi connectivity index (χ3n) is 5.64. The molecule has 27 heavy (non-hydrogen) atoms. The minimum atomic E-state index is -0.0419. The van der Waals surface area contributed by atoms with Gasteiger partial charge in [0.2, 0.25) is 11.8 Å². The van der Waals surface area contributed by atoms with Crippen molar-refractivity contribution in [2.75, 3.05) is 39.3 Å². The lowest BCUT2D eigenvalue weighted by Gasteiger charge is -2.34. The van der Waals surface area contributed by atoms with Crippen molar-refractivity contribution in [3.8, 4) is 0 Å². The molecule has 150 valence electrons. The fourth-order valence-electron chi connectivity index (χ4n) is 3.44.